The molecule has 3 nitrogen and oxygen atoms in total. The minimum absolute atomic E-state index is 0.0295. The molecule has 4 aliphatic carbocycles. The molecule has 0 N–H and O–H groups in total. The van der Waals surface area contributed by atoms with E-state index in [1.54, 1.807) is 5.56 Å². The zero-order valence-electron chi connectivity index (χ0n) is 44.6. The van der Waals surface area contributed by atoms with Crippen LogP contribution in [0.2, 0.25) is 0 Å². The number of rotatable bonds is 3. The standard InChI is InChI=1S/C66H73BN2O/c1-39-30-54-58-55(31-39)69(53-36-48-47(63(9,10)26-27-64(48,11)12)34-43(53)40-18-16-15-17-19-40)52-23-20-41(60(2,3)4)32-51(52)67(58)57-44-35-49-50(66(14)29-28-65(49,13)38-66)37-56(44)70-59(57)68(54)42-21-22-45-46(33-42)62(7,8)25-24-61(45,5)6/h15-23,30-37H,24-29,38H2,1-14H3. The van der Waals surface area contributed by atoms with Crippen LogP contribution in [0.5, 0.6) is 0 Å². The molecule has 13 rings (SSSR count). The molecule has 1 saturated carbocycles. The van der Waals surface area contributed by atoms with Gasteiger partial charge in [0.15, 0.2) is 0 Å². The smallest absolute Gasteiger partial charge is 0.257 e. The Bertz CT molecular complexity index is 3410. The van der Waals surface area contributed by atoms with Gasteiger partial charge in [-0.05, 0) is 205 Å². The van der Waals surface area contributed by atoms with Crippen LogP contribution >= 0.6 is 0 Å². The molecule has 0 spiro atoms. The lowest BCUT2D eigenvalue weighted by Crippen LogP contribution is -2.61. The highest BCUT2D eigenvalue weighted by molar-refractivity contribution is 7.01. The largest absolute Gasteiger partial charge is 0.440 e. The Hall–Kier alpha value is -5.48. The molecule has 4 heteroatoms. The van der Waals surface area contributed by atoms with Crippen LogP contribution in [0, 0.1) is 6.92 Å². The Kier molecular flexibility index (Phi) is 8.85. The molecule has 2 unspecified atom stereocenters. The lowest BCUT2D eigenvalue weighted by molar-refractivity contribution is 0.332. The van der Waals surface area contributed by atoms with Gasteiger partial charge >= 0.3 is 0 Å². The molecule has 2 atom stereocenters. The third kappa shape index (κ3) is 6.07. The van der Waals surface area contributed by atoms with Crippen LogP contribution in [0.1, 0.15) is 179 Å². The van der Waals surface area contributed by atoms with Crippen molar-refractivity contribution in [2.75, 3.05) is 9.80 Å². The number of benzene rings is 6. The van der Waals surface area contributed by atoms with Gasteiger partial charge in [-0.25, -0.2) is 0 Å². The molecule has 3 heterocycles. The predicted molar refractivity (Wildman–Crippen MR) is 298 cm³/mol. The lowest BCUT2D eigenvalue weighted by atomic mass is 9.33. The van der Waals surface area contributed by atoms with E-state index in [1.807, 2.05) is 0 Å². The zero-order valence-corrected chi connectivity index (χ0v) is 44.6. The third-order valence-electron chi connectivity index (χ3n) is 19.5. The summed E-state index contributed by atoms with van der Waals surface area (Å²) in [5.74, 6) is 0.978. The average Bonchev–Trinajstić information content (AvgIpc) is 3.91. The van der Waals surface area contributed by atoms with Crippen LogP contribution in [0.3, 0.4) is 0 Å². The highest BCUT2D eigenvalue weighted by atomic mass is 16.4. The maximum Gasteiger partial charge on any atom is 0.257 e. The molecule has 7 aromatic rings. The van der Waals surface area contributed by atoms with E-state index >= 15 is 0 Å². The van der Waals surface area contributed by atoms with E-state index in [0.717, 1.165) is 24.3 Å². The number of hydrogen-bond donors (Lipinski definition) is 0. The van der Waals surface area contributed by atoms with Crippen molar-refractivity contribution in [3.63, 3.8) is 0 Å². The SMILES string of the molecule is Cc1cc2c3c(c1)N(c1ccc4c(c1)C(C)(C)CCC4(C)C)c1oc4cc5c(cc4c1B3c1cc(C(C)(C)C)ccc1N2c1cc2c(cc1-c1ccccc1)C(C)(C)CCC2(C)C)C1(C)CCC5(C)C1. The minimum Gasteiger partial charge on any atom is -0.440 e. The number of hydrogen-bond acceptors (Lipinski definition) is 3. The molecule has 70 heavy (non-hydrogen) atoms. The topological polar surface area (TPSA) is 19.6 Å². The fraction of sp³-hybridized carbons (Fsp3) is 0.424. The van der Waals surface area contributed by atoms with Gasteiger partial charge in [0.2, 0.25) is 5.88 Å². The highest BCUT2D eigenvalue weighted by Crippen LogP contribution is 2.62. The second kappa shape index (κ2) is 13.9. The van der Waals surface area contributed by atoms with Crippen molar-refractivity contribution in [3.8, 4) is 11.1 Å². The van der Waals surface area contributed by atoms with E-state index in [-0.39, 0.29) is 44.6 Å². The maximum atomic E-state index is 7.62. The Morgan fingerprint density at radius 3 is 1.73 bits per heavy atom. The first kappa shape index (κ1) is 44.5. The van der Waals surface area contributed by atoms with Gasteiger partial charge in [0, 0.05) is 39.2 Å². The van der Waals surface area contributed by atoms with Gasteiger partial charge in [0.1, 0.15) is 5.58 Å². The Morgan fingerprint density at radius 2 is 1.09 bits per heavy atom. The van der Waals surface area contributed by atoms with E-state index in [1.165, 1.54) is 132 Å². The number of anilines is 6. The van der Waals surface area contributed by atoms with Crippen molar-refractivity contribution in [2.24, 2.45) is 0 Å². The first-order valence-corrected chi connectivity index (χ1v) is 26.8. The summed E-state index contributed by atoms with van der Waals surface area (Å²) in [5, 5.41) is 1.28. The number of furan rings is 1. The molecule has 6 aromatic carbocycles. The first-order valence-electron chi connectivity index (χ1n) is 26.8. The number of fused-ring (bicyclic) bond motifs is 13. The van der Waals surface area contributed by atoms with Crippen LogP contribution < -0.4 is 26.2 Å². The van der Waals surface area contributed by atoms with Crippen LogP contribution in [-0.2, 0) is 37.9 Å². The summed E-state index contributed by atoms with van der Waals surface area (Å²) >= 11 is 0. The molecule has 1 aromatic heterocycles. The van der Waals surface area contributed by atoms with E-state index in [9.17, 15) is 0 Å². The molecular formula is C66H73BN2O. The molecule has 2 bridgehead atoms. The summed E-state index contributed by atoms with van der Waals surface area (Å²) < 4.78 is 7.62. The van der Waals surface area contributed by atoms with Crippen LogP contribution in [0.4, 0.5) is 34.3 Å². The van der Waals surface area contributed by atoms with Crippen molar-refractivity contribution >= 4 is 68.4 Å². The summed E-state index contributed by atoms with van der Waals surface area (Å²) in [6, 6.07) is 41.5. The Labute approximate surface area is 419 Å². The summed E-state index contributed by atoms with van der Waals surface area (Å²) in [6.45, 7) is 34.1. The maximum absolute atomic E-state index is 7.62. The molecule has 0 amide bonds. The Balaban J connectivity index is 1.16. The molecule has 0 saturated heterocycles. The van der Waals surface area contributed by atoms with Crippen LogP contribution in [0.15, 0.2) is 108 Å². The average molecular weight is 921 g/mol. The number of aryl methyl sites for hydroxylation is 1. The van der Waals surface area contributed by atoms with Crippen molar-refractivity contribution in [2.45, 2.75) is 180 Å². The van der Waals surface area contributed by atoms with E-state index < -0.39 is 0 Å². The van der Waals surface area contributed by atoms with Crippen molar-refractivity contribution in [1.29, 1.82) is 0 Å². The lowest BCUT2D eigenvalue weighted by Gasteiger charge is -2.46. The van der Waals surface area contributed by atoms with Gasteiger partial charge in [-0.1, -0.05) is 139 Å². The van der Waals surface area contributed by atoms with E-state index in [2.05, 4.69) is 210 Å². The van der Waals surface area contributed by atoms with Crippen molar-refractivity contribution in [1.82, 2.24) is 0 Å². The summed E-state index contributed by atoms with van der Waals surface area (Å²) in [5.41, 5.74) is 25.9. The normalized spacial score (nSPS) is 23.7. The monoisotopic (exact) mass is 921 g/mol. The summed E-state index contributed by atoms with van der Waals surface area (Å²) in [4.78, 5) is 5.26. The molecule has 2 aliphatic heterocycles. The molecule has 356 valence electrons. The van der Waals surface area contributed by atoms with Gasteiger partial charge in [-0.2, -0.15) is 0 Å². The van der Waals surface area contributed by atoms with Gasteiger partial charge in [-0.3, -0.25) is 4.90 Å². The molecular weight excluding hydrogens is 848 g/mol. The molecule has 1 fully saturated rings. The second-order valence-corrected chi connectivity index (χ2v) is 27.4. The Morgan fingerprint density at radius 1 is 0.500 bits per heavy atom. The summed E-state index contributed by atoms with van der Waals surface area (Å²) in [7, 11) is 0. The fourth-order valence-electron chi connectivity index (χ4n) is 15.1. The fourth-order valence-corrected chi connectivity index (χ4v) is 15.1. The van der Waals surface area contributed by atoms with Gasteiger partial charge in [0.05, 0.1) is 5.69 Å². The van der Waals surface area contributed by atoms with E-state index in [0.29, 0.717) is 0 Å². The van der Waals surface area contributed by atoms with E-state index in [4.69, 9.17) is 4.42 Å². The third-order valence-corrected chi connectivity index (χ3v) is 19.5. The minimum atomic E-state index is -0.0529. The van der Waals surface area contributed by atoms with Crippen molar-refractivity contribution in [3.05, 3.63) is 148 Å². The van der Waals surface area contributed by atoms with Crippen LogP contribution in [-0.4, -0.2) is 6.71 Å². The zero-order chi connectivity index (χ0) is 49.0. The number of nitrogens with zero attached hydrogens (tertiary/aromatic N) is 2. The first-order chi connectivity index (χ1) is 32.9. The second-order valence-electron chi connectivity index (χ2n) is 27.4. The highest BCUT2D eigenvalue weighted by Gasteiger charge is 2.54. The van der Waals surface area contributed by atoms with Gasteiger partial charge < -0.3 is 9.32 Å². The van der Waals surface area contributed by atoms with Crippen molar-refractivity contribution < 1.29 is 4.42 Å². The van der Waals surface area contributed by atoms with Gasteiger partial charge in [0.25, 0.3) is 6.71 Å². The van der Waals surface area contributed by atoms with Crippen LogP contribution in [0.25, 0.3) is 22.1 Å². The summed E-state index contributed by atoms with van der Waals surface area (Å²) in [6.07, 6.45) is 8.39. The quantitative estimate of drug-likeness (QED) is 0.165. The predicted octanol–water partition coefficient (Wildman–Crippen LogP) is 16.2. The molecule has 0 radical (unpaired) electrons. The molecule has 6 aliphatic rings. The van der Waals surface area contributed by atoms with Gasteiger partial charge in [-0.15, -0.1) is 0 Å².